The molecule has 0 aliphatic rings. The largest absolute Gasteiger partial charge is 0.416 e. The van der Waals surface area contributed by atoms with Gasteiger partial charge in [-0.2, -0.15) is 13.2 Å². The lowest BCUT2D eigenvalue weighted by molar-refractivity contribution is -0.137. The summed E-state index contributed by atoms with van der Waals surface area (Å²) < 4.78 is 64.1. The van der Waals surface area contributed by atoms with Crippen molar-refractivity contribution >= 4 is 6.21 Å². The van der Waals surface area contributed by atoms with Crippen LogP contribution in [0.4, 0.5) is 22.0 Å². The molecular formula is C15H10F5NO. The molecule has 116 valence electrons. The highest BCUT2D eigenvalue weighted by molar-refractivity contribution is 5.79. The molecule has 0 N–H and O–H groups in total. The Kier molecular flexibility index (Phi) is 4.75. The third-order valence-corrected chi connectivity index (χ3v) is 2.76. The first kappa shape index (κ1) is 15.9. The first-order valence-corrected chi connectivity index (χ1v) is 6.13. The minimum Gasteiger partial charge on any atom is -0.391 e. The molecular weight excluding hydrogens is 305 g/mol. The Morgan fingerprint density at radius 3 is 2.27 bits per heavy atom. The molecule has 0 atom stereocenters. The number of alkyl halides is 3. The van der Waals surface area contributed by atoms with Gasteiger partial charge in [0.2, 0.25) is 0 Å². The highest BCUT2D eigenvalue weighted by Crippen LogP contribution is 2.29. The zero-order chi connectivity index (χ0) is 16.2. The van der Waals surface area contributed by atoms with E-state index in [9.17, 15) is 22.0 Å². The van der Waals surface area contributed by atoms with Gasteiger partial charge >= 0.3 is 6.18 Å². The van der Waals surface area contributed by atoms with Crippen molar-refractivity contribution in [2.75, 3.05) is 0 Å². The van der Waals surface area contributed by atoms with Gasteiger partial charge in [-0.1, -0.05) is 23.4 Å². The van der Waals surface area contributed by atoms with Gasteiger partial charge in [-0.3, -0.25) is 0 Å². The van der Waals surface area contributed by atoms with Gasteiger partial charge in [0.15, 0.2) is 0 Å². The molecule has 0 unspecified atom stereocenters. The van der Waals surface area contributed by atoms with E-state index in [0.29, 0.717) is 0 Å². The quantitative estimate of drug-likeness (QED) is 0.461. The molecule has 2 aromatic carbocycles. The van der Waals surface area contributed by atoms with E-state index in [2.05, 4.69) is 5.16 Å². The van der Waals surface area contributed by atoms with Crippen LogP contribution in [-0.4, -0.2) is 6.21 Å². The van der Waals surface area contributed by atoms with Crippen LogP contribution in [0.5, 0.6) is 0 Å². The Balaban J connectivity index is 2.02. The molecule has 0 heterocycles. The molecule has 0 fully saturated rings. The van der Waals surface area contributed by atoms with Crippen LogP contribution >= 0.6 is 0 Å². The lowest BCUT2D eigenvalue weighted by Crippen LogP contribution is -2.05. The molecule has 0 aliphatic carbocycles. The Hall–Kier alpha value is -2.44. The molecule has 0 spiro atoms. The smallest absolute Gasteiger partial charge is 0.391 e. The summed E-state index contributed by atoms with van der Waals surface area (Å²) in [6.45, 7) is -0.464. The summed E-state index contributed by atoms with van der Waals surface area (Å²) in [5, 5.41) is 3.42. The third-order valence-electron chi connectivity index (χ3n) is 2.76. The van der Waals surface area contributed by atoms with E-state index in [-0.39, 0.29) is 11.1 Å². The highest BCUT2D eigenvalue weighted by atomic mass is 19.4. The number of hydrogen-bond acceptors (Lipinski definition) is 2. The van der Waals surface area contributed by atoms with Crippen LogP contribution in [-0.2, 0) is 17.6 Å². The van der Waals surface area contributed by atoms with Crippen molar-refractivity contribution in [1.82, 2.24) is 0 Å². The molecule has 0 saturated carbocycles. The molecule has 2 rings (SSSR count). The average Bonchev–Trinajstić information content (AvgIpc) is 2.45. The fourth-order valence-corrected chi connectivity index (χ4v) is 1.67. The molecule has 0 amide bonds. The van der Waals surface area contributed by atoms with E-state index in [1.807, 2.05) is 0 Å². The first-order chi connectivity index (χ1) is 10.4. The van der Waals surface area contributed by atoms with E-state index in [1.165, 1.54) is 18.2 Å². The van der Waals surface area contributed by atoms with Crippen molar-refractivity contribution in [1.29, 1.82) is 0 Å². The zero-order valence-corrected chi connectivity index (χ0v) is 11.1. The van der Waals surface area contributed by atoms with Gasteiger partial charge in [-0.15, -0.1) is 0 Å². The predicted molar refractivity (Wildman–Crippen MR) is 70.2 cm³/mol. The second-order valence-electron chi connectivity index (χ2n) is 4.33. The van der Waals surface area contributed by atoms with Crippen molar-refractivity contribution in [2.45, 2.75) is 12.8 Å². The lowest BCUT2D eigenvalue weighted by Gasteiger charge is -2.06. The molecule has 22 heavy (non-hydrogen) atoms. The molecule has 7 heteroatoms. The van der Waals surface area contributed by atoms with Crippen LogP contribution in [0.2, 0.25) is 0 Å². The topological polar surface area (TPSA) is 21.6 Å². The van der Waals surface area contributed by atoms with E-state index in [1.54, 1.807) is 0 Å². The van der Waals surface area contributed by atoms with Gasteiger partial charge < -0.3 is 4.84 Å². The minimum absolute atomic E-state index is 0.156. The van der Waals surface area contributed by atoms with Crippen molar-refractivity contribution in [3.05, 3.63) is 70.8 Å². The summed E-state index contributed by atoms with van der Waals surface area (Å²) in [5.41, 5.74) is -0.968. The Labute approximate surface area is 122 Å². The zero-order valence-electron chi connectivity index (χ0n) is 11.1. The van der Waals surface area contributed by atoms with Crippen LogP contribution in [0.15, 0.2) is 47.6 Å². The molecule has 0 radical (unpaired) electrons. The van der Waals surface area contributed by atoms with Crippen LogP contribution < -0.4 is 0 Å². The second-order valence-corrected chi connectivity index (χ2v) is 4.33. The standard InChI is InChI=1S/C15H10F5NO/c16-13-5-2-6-14(17)12(13)9-22-21-8-10-3-1-4-11(7-10)15(18,19)20/h1-8H,9H2. The van der Waals surface area contributed by atoms with Crippen molar-refractivity contribution < 1.29 is 26.8 Å². The minimum atomic E-state index is -4.46. The van der Waals surface area contributed by atoms with Crippen molar-refractivity contribution in [3.63, 3.8) is 0 Å². The van der Waals surface area contributed by atoms with Gasteiger partial charge in [0, 0.05) is 0 Å². The van der Waals surface area contributed by atoms with Gasteiger partial charge in [0.1, 0.15) is 18.2 Å². The molecule has 0 aliphatic heterocycles. The number of hydrogen-bond donors (Lipinski definition) is 0. The van der Waals surface area contributed by atoms with Crippen molar-refractivity contribution in [2.24, 2.45) is 5.16 Å². The van der Waals surface area contributed by atoms with Crippen LogP contribution in [0.25, 0.3) is 0 Å². The Morgan fingerprint density at radius 2 is 1.64 bits per heavy atom. The van der Waals surface area contributed by atoms with Gasteiger partial charge in [0.05, 0.1) is 17.3 Å². The fraction of sp³-hybridized carbons (Fsp3) is 0.133. The SMILES string of the molecule is Fc1cccc(F)c1CON=Cc1cccc(C(F)(F)F)c1. The maximum Gasteiger partial charge on any atom is 0.416 e. The number of rotatable bonds is 4. The van der Waals surface area contributed by atoms with E-state index in [4.69, 9.17) is 4.84 Å². The van der Waals surface area contributed by atoms with Gasteiger partial charge in [-0.05, 0) is 29.8 Å². The van der Waals surface area contributed by atoms with Crippen molar-refractivity contribution in [3.8, 4) is 0 Å². The normalized spacial score (nSPS) is 11.9. The summed E-state index contributed by atoms with van der Waals surface area (Å²) in [6, 6.07) is 7.77. The van der Waals surface area contributed by atoms with E-state index >= 15 is 0 Å². The fourth-order valence-electron chi connectivity index (χ4n) is 1.67. The predicted octanol–water partition coefficient (Wildman–Crippen LogP) is 4.53. The summed E-state index contributed by atoms with van der Waals surface area (Å²) in [7, 11) is 0. The van der Waals surface area contributed by atoms with Crippen LogP contribution in [0.1, 0.15) is 16.7 Å². The molecule has 2 aromatic rings. The third kappa shape index (κ3) is 4.03. The summed E-state index contributed by atoms with van der Waals surface area (Å²) in [6.07, 6.45) is -3.42. The first-order valence-electron chi connectivity index (χ1n) is 6.13. The number of benzene rings is 2. The molecule has 0 aromatic heterocycles. The lowest BCUT2D eigenvalue weighted by atomic mass is 10.1. The molecule has 2 nitrogen and oxygen atoms in total. The summed E-state index contributed by atoms with van der Waals surface area (Å²) in [5.74, 6) is -1.57. The maximum atomic E-state index is 13.3. The molecule has 0 bridgehead atoms. The van der Waals surface area contributed by atoms with Gasteiger partial charge in [-0.25, -0.2) is 8.78 Å². The number of oxime groups is 1. The van der Waals surface area contributed by atoms with Crippen LogP contribution in [0.3, 0.4) is 0 Å². The number of nitrogens with zero attached hydrogens (tertiary/aromatic N) is 1. The molecule has 0 saturated heterocycles. The summed E-state index contributed by atoms with van der Waals surface area (Å²) in [4.78, 5) is 4.72. The van der Waals surface area contributed by atoms with E-state index in [0.717, 1.165) is 30.5 Å². The monoisotopic (exact) mass is 315 g/mol. The number of halogens is 5. The average molecular weight is 315 g/mol. The van der Waals surface area contributed by atoms with Gasteiger partial charge in [0.25, 0.3) is 0 Å². The maximum absolute atomic E-state index is 13.3. The summed E-state index contributed by atoms with van der Waals surface area (Å²) >= 11 is 0. The Morgan fingerprint density at radius 1 is 1.00 bits per heavy atom. The Bertz CT molecular complexity index is 662. The second kappa shape index (κ2) is 6.55. The van der Waals surface area contributed by atoms with Crippen LogP contribution in [0, 0.1) is 11.6 Å². The highest BCUT2D eigenvalue weighted by Gasteiger charge is 2.30. The van der Waals surface area contributed by atoms with E-state index < -0.39 is 30.0 Å².